The largest absolute Gasteiger partial charge is 0.352 e. The van der Waals surface area contributed by atoms with Crippen molar-refractivity contribution in [3.05, 3.63) is 35.9 Å². The van der Waals surface area contributed by atoms with Crippen molar-refractivity contribution in [1.82, 2.24) is 5.32 Å². The maximum atomic E-state index is 11.8. The molecular weight excluding hydrogens is 224 g/mol. The maximum absolute atomic E-state index is 11.8. The minimum absolute atomic E-state index is 0.0487. The van der Waals surface area contributed by atoms with Crippen molar-refractivity contribution in [3.63, 3.8) is 0 Å². The van der Waals surface area contributed by atoms with Crippen LogP contribution >= 0.6 is 0 Å². The number of carbonyl (C=O) groups is 1. The van der Waals surface area contributed by atoms with E-state index in [0.29, 0.717) is 6.42 Å². The van der Waals surface area contributed by atoms with Gasteiger partial charge in [0, 0.05) is 6.04 Å². The molecule has 0 aliphatic rings. The predicted octanol–water partition coefficient (Wildman–Crippen LogP) is 2.67. The molecule has 0 bridgehead atoms. The quantitative estimate of drug-likeness (QED) is 0.836. The van der Waals surface area contributed by atoms with Gasteiger partial charge in [0.2, 0.25) is 5.91 Å². The maximum Gasteiger partial charge on any atom is 0.237 e. The molecule has 0 radical (unpaired) electrons. The normalized spacial score (nSPS) is 13.4. The van der Waals surface area contributed by atoms with Gasteiger partial charge in [0.05, 0.1) is 6.07 Å². The third-order valence-electron chi connectivity index (χ3n) is 2.82. The molecule has 0 saturated carbocycles. The molecule has 18 heavy (non-hydrogen) atoms. The zero-order valence-corrected chi connectivity index (χ0v) is 11.0. The van der Waals surface area contributed by atoms with Gasteiger partial charge in [-0.1, -0.05) is 43.7 Å². The summed E-state index contributed by atoms with van der Waals surface area (Å²) < 4.78 is 0. The summed E-state index contributed by atoms with van der Waals surface area (Å²) in [5.41, 5.74) is 1.19. The Bertz CT molecular complexity index is 408. The Morgan fingerprint density at radius 1 is 1.39 bits per heavy atom. The number of hydrogen-bond acceptors (Lipinski definition) is 2. The fourth-order valence-corrected chi connectivity index (χ4v) is 1.91. The van der Waals surface area contributed by atoms with E-state index in [0.717, 1.165) is 12.8 Å². The molecular formula is C15H20N2O. The molecule has 0 heterocycles. The Balaban J connectivity index is 2.47. The second kappa shape index (κ2) is 7.50. The van der Waals surface area contributed by atoms with Crippen molar-refractivity contribution in [2.75, 3.05) is 0 Å². The van der Waals surface area contributed by atoms with Crippen LogP contribution in [0.4, 0.5) is 0 Å². The Labute approximate surface area is 109 Å². The molecule has 3 heteroatoms. The van der Waals surface area contributed by atoms with Crippen LogP contribution < -0.4 is 5.32 Å². The number of nitriles is 1. The van der Waals surface area contributed by atoms with Gasteiger partial charge < -0.3 is 5.32 Å². The summed E-state index contributed by atoms with van der Waals surface area (Å²) in [6.45, 7) is 3.94. The Kier molecular flexibility index (Phi) is 5.93. The lowest BCUT2D eigenvalue weighted by molar-refractivity contribution is -0.124. The molecule has 0 saturated heterocycles. The summed E-state index contributed by atoms with van der Waals surface area (Å²) in [4.78, 5) is 11.8. The number of carbonyl (C=O) groups excluding carboxylic acids is 1. The van der Waals surface area contributed by atoms with Crippen molar-refractivity contribution in [1.29, 1.82) is 5.26 Å². The number of rotatable bonds is 6. The molecule has 1 aromatic carbocycles. The first-order valence-electron chi connectivity index (χ1n) is 6.41. The van der Waals surface area contributed by atoms with E-state index < -0.39 is 5.92 Å². The standard InChI is InChI=1S/C15H20N2O/c1-3-7-14(11-16)15(18)17-12(2)10-13-8-5-4-6-9-13/h4-6,8-9,12,14H,3,7,10H2,1-2H3,(H,17,18). The molecule has 0 aliphatic carbocycles. The Morgan fingerprint density at radius 2 is 2.06 bits per heavy atom. The van der Waals surface area contributed by atoms with Crippen LogP contribution in [0.15, 0.2) is 30.3 Å². The second-order valence-corrected chi connectivity index (χ2v) is 4.57. The van der Waals surface area contributed by atoms with Gasteiger partial charge in [0.15, 0.2) is 0 Å². The summed E-state index contributed by atoms with van der Waals surface area (Å²) in [6.07, 6.45) is 2.26. The van der Waals surface area contributed by atoms with Crippen LogP contribution in [-0.2, 0) is 11.2 Å². The number of nitrogens with zero attached hydrogens (tertiary/aromatic N) is 1. The van der Waals surface area contributed by atoms with E-state index in [9.17, 15) is 4.79 Å². The van der Waals surface area contributed by atoms with Crippen LogP contribution in [0, 0.1) is 17.2 Å². The van der Waals surface area contributed by atoms with Gasteiger partial charge in [-0.3, -0.25) is 4.79 Å². The lowest BCUT2D eigenvalue weighted by Crippen LogP contribution is -2.38. The first-order valence-corrected chi connectivity index (χ1v) is 6.41. The smallest absolute Gasteiger partial charge is 0.237 e. The molecule has 0 aliphatic heterocycles. The highest BCUT2D eigenvalue weighted by atomic mass is 16.1. The molecule has 1 N–H and O–H groups in total. The summed E-state index contributed by atoms with van der Waals surface area (Å²) in [6, 6.07) is 12.1. The highest BCUT2D eigenvalue weighted by Gasteiger charge is 2.18. The van der Waals surface area contributed by atoms with E-state index in [4.69, 9.17) is 5.26 Å². The Hall–Kier alpha value is -1.82. The number of nitrogens with one attached hydrogen (secondary N) is 1. The molecule has 0 fully saturated rings. The summed E-state index contributed by atoms with van der Waals surface area (Å²) in [7, 11) is 0. The summed E-state index contributed by atoms with van der Waals surface area (Å²) >= 11 is 0. The fourth-order valence-electron chi connectivity index (χ4n) is 1.91. The molecule has 2 atom stereocenters. The minimum Gasteiger partial charge on any atom is -0.352 e. The van der Waals surface area contributed by atoms with Crippen molar-refractivity contribution in [2.24, 2.45) is 5.92 Å². The molecule has 1 amide bonds. The molecule has 2 unspecified atom stereocenters. The van der Waals surface area contributed by atoms with Crippen LogP contribution in [0.2, 0.25) is 0 Å². The van der Waals surface area contributed by atoms with Gasteiger partial charge in [-0.05, 0) is 25.3 Å². The van der Waals surface area contributed by atoms with Gasteiger partial charge >= 0.3 is 0 Å². The average molecular weight is 244 g/mol. The van der Waals surface area contributed by atoms with Crippen LogP contribution in [0.1, 0.15) is 32.3 Å². The highest BCUT2D eigenvalue weighted by molar-refractivity contribution is 5.81. The van der Waals surface area contributed by atoms with Crippen molar-refractivity contribution in [2.45, 2.75) is 39.2 Å². The zero-order chi connectivity index (χ0) is 13.4. The van der Waals surface area contributed by atoms with Gasteiger partial charge in [0.1, 0.15) is 5.92 Å². The van der Waals surface area contributed by atoms with E-state index in [1.165, 1.54) is 5.56 Å². The second-order valence-electron chi connectivity index (χ2n) is 4.57. The number of hydrogen-bond donors (Lipinski definition) is 1. The monoisotopic (exact) mass is 244 g/mol. The fraction of sp³-hybridized carbons (Fsp3) is 0.467. The van der Waals surface area contributed by atoms with Gasteiger partial charge in [-0.2, -0.15) is 5.26 Å². The van der Waals surface area contributed by atoms with Crippen molar-refractivity contribution >= 4 is 5.91 Å². The number of benzene rings is 1. The van der Waals surface area contributed by atoms with E-state index in [1.807, 2.05) is 44.2 Å². The third kappa shape index (κ3) is 4.58. The molecule has 1 aromatic rings. The van der Waals surface area contributed by atoms with E-state index in [1.54, 1.807) is 0 Å². The molecule has 3 nitrogen and oxygen atoms in total. The minimum atomic E-state index is -0.520. The lowest BCUT2D eigenvalue weighted by atomic mass is 10.0. The van der Waals surface area contributed by atoms with Crippen molar-refractivity contribution in [3.8, 4) is 6.07 Å². The Morgan fingerprint density at radius 3 is 2.61 bits per heavy atom. The van der Waals surface area contributed by atoms with E-state index >= 15 is 0 Å². The lowest BCUT2D eigenvalue weighted by Gasteiger charge is -2.16. The first-order chi connectivity index (χ1) is 8.67. The predicted molar refractivity (Wildman–Crippen MR) is 71.8 cm³/mol. The topological polar surface area (TPSA) is 52.9 Å². The van der Waals surface area contributed by atoms with Gasteiger partial charge in [-0.25, -0.2) is 0 Å². The molecule has 0 aromatic heterocycles. The average Bonchev–Trinajstić information content (AvgIpc) is 2.36. The van der Waals surface area contributed by atoms with E-state index in [2.05, 4.69) is 11.4 Å². The van der Waals surface area contributed by atoms with Gasteiger partial charge in [-0.15, -0.1) is 0 Å². The van der Waals surface area contributed by atoms with Crippen LogP contribution in [0.5, 0.6) is 0 Å². The van der Waals surface area contributed by atoms with Crippen molar-refractivity contribution < 1.29 is 4.79 Å². The van der Waals surface area contributed by atoms with Crippen LogP contribution in [0.25, 0.3) is 0 Å². The van der Waals surface area contributed by atoms with E-state index in [-0.39, 0.29) is 11.9 Å². The van der Waals surface area contributed by atoms with Gasteiger partial charge in [0.25, 0.3) is 0 Å². The molecule has 96 valence electrons. The third-order valence-corrected chi connectivity index (χ3v) is 2.82. The number of amides is 1. The van der Waals surface area contributed by atoms with Crippen LogP contribution in [0.3, 0.4) is 0 Å². The zero-order valence-electron chi connectivity index (χ0n) is 11.0. The SMILES string of the molecule is CCCC(C#N)C(=O)NC(C)Cc1ccccc1. The summed E-state index contributed by atoms with van der Waals surface area (Å²) in [5.74, 6) is -0.670. The molecule has 1 rings (SSSR count). The first kappa shape index (κ1) is 14.2. The summed E-state index contributed by atoms with van der Waals surface area (Å²) in [5, 5.41) is 11.8. The highest BCUT2D eigenvalue weighted by Crippen LogP contribution is 2.07. The van der Waals surface area contributed by atoms with Crippen LogP contribution in [-0.4, -0.2) is 11.9 Å². The molecule has 0 spiro atoms.